The monoisotopic (exact) mass is 193 g/mol. The predicted octanol–water partition coefficient (Wildman–Crippen LogP) is 1.78. The number of nitrogens with one attached hydrogen (secondary N) is 1. The number of rotatable bonds is 4. The van der Waals surface area contributed by atoms with Gasteiger partial charge < -0.3 is 10.1 Å². The highest BCUT2D eigenvalue weighted by Gasteiger charge is 1.99. The molecule has 4 heteroatoms. The Morgan fingerprint density at radius 2 is 2.29 bits per heavy atom. The lowest BCUT2D eigenvalue weighted by molar-refractivity contribution is 0.347. The number of hydrogen-bond acceptors (Lipinski definition) is 4. The van der Waals surface area contributed by atoms with Crippen molar-refractivity contribution >= 4 is 5.95 Å². The number of ether oxygens (including phenoxy) is 1. The van der Waals surface area contributed by atoms with E-state index >= 15 is 0 Å². The number of aromatic nitrogens is 2. The smallest absolute Gasteiger partial charge is 0.225 e. The van der Waals surface area contributed by atoms with E-state index in [9.17, 15) is 0 Å². The molecular formula is C10H15N3O. The molecule has 0 saturated carbocycles. The molecule has 76 valence electrons. The van der Waals surface area contributed by atoms with E-state index in [-0.39, 0.29) is 0 Å². The summed E-state index contributed by atoms with van der Waals surface area (Å²) in [4.78, 5) is 8.31. The second kappa shape index (κ2) is 5.21. The van der Waals surface area contributed by atoms with Gasteiger partial charge in [-0.15, -0.1) is 0 Å². The molecule has 14 heavy (non-hydrogen) atoms. The van der Waals surface area contributed by atoms with Crippen LogP contribution in [0.5, 0.6) is 5.88 Å². The molecule has 0 atom stereocenters. The standard InChI is InChI=1S/C10H15N3O/c1-4-5-6-14-9-7-8(2)12-10(11-3)13-9/h4-5,7H,6H2,1-3H3,(H,11,12,13)/b5-4+. The van der Waals surface area contributed by atoms with Crippen LogP contribution in [0, 0.1) is 6.92 Å². The summed E-state index contributed by atoms with van der Waals surface area (Å²) in [5.74, 6) is 1.18. The maximum Gasteiger partial charge on any atom is 0.225 e. The van der Waals surface area contributed by atoms with Crippen LogP contribution in [-0.4, -0.2) is 23.6 Å². The molecule has 1 aromatic rings. The molecule has 0 unspecified atom stereocenters. The number of anilines is 1. The van der Waals surface area contributed by atoms with Gasteiger partial charge in [-0.05, 0) is 13.8 Å². The van der Waals surface area contributed by atoms with Crippen LogP contribution in [0.15, 0.2) is 18.2 Å². The van der Waals surface area contributed by atoms with Crippen molar-refractivity contribution in [2.45, 2.75) is 13.8 Å². The molecule has 0 aromatic carbocycles. The maximum atomic E-state index is 5.39. The van der Waals surface area contributed by atoms with E-state index in [0.29, 0.717) is 18.4 Å². The second-order valence-electron chi connectivity index (χ2n) is 2.80. The zero-order valence-corrected chi connectivity index (χ0v) is 8.74. The van der Waals surface area contributed by atoms with E-state index in [1.807, 2.05) is 32.1 Å². The van der Waals surface area contributed by atoms with E-state index in [4.69, 9.17) is 4.74 Å². The van der Waals surface area contributed by atoms with Gasteiger partial charge in [0, 0.05) is 18.8 Å². The zero-order valence-electron chi connectivity index (χ0n) is 8.74. The molecule has 4 nitrogen and oxygen atoms in total. The van der Waals surface area contributed by atoms with Crippen LogP contribution in [0.1, 0.15) is 12.6 Å². The van der Waals surface area contributed by atoms with Gasteiger partial charge in [-0.2, -0.15) is 4.98 Å². The first kappa shape index (κ1) is 10.5. The topological polar surface area (TPSA) is 47.0 Å². The Labute approximate surface area is 84.0 Å². The normalized spacial score (nSPS) is 10.5. The van der Waals surface area contributed by atoms with Crippen molar-refractivity contribution in [1.82, 2.24) is 9.97 Å². The molecule has 0 bridgehead atoms. The van der Waals surface area contributed by atoms with Gasteiger partial charge in [0.2, 0.25) is 11.8 Å². The molecule has 0 aliphatic carbocycles. The van der Waals surface area contributed by atoms with Crippen molar-refractivity contribution in [3.05, 3.63) is 23.9 Å². The summed E-state index contributed by atoms with van der Waals surface area (Å²) in [5.41, 5.74) is 0.889. The molecule has 1 heterocycles. The SMILES string of the molecule is C/C=C/COc1cc(C)nc(NC)n1. The van der Waals surface area contributed by atoms with Crippen molar-refractivity contribution in [2.24, 2.45) is 0 Å². The Kier molecular flexibility index (Phi) is 3.91. The van der Waals surface area contributed by atoms with Crippen LogP contribution in [0.4, 0.5) is 5.95 Å². The minimum Gasteiger partial charge on any atom is -0.473 e. The molecule has 0 aliphatic heterocycles. The summed E-state index contributed by atoms with van der Waals surface area (Å²) < 4.78 is 5.39. The summed E-state index contributed by atoms with van der Waals surface area (Å²) in [6.07, 6.45) is 3.86. The van der Waals surface area contributed by atoms with Gasteiger partial charge in [-0.1, -0.05) is 12.2 Å². The third-order valence-electron chi connectivity index (χ3n) is 1.62. The van der Waals surface area contributed by atoms with Crippen molar-refractivity contribution < 1.29 is 4.74 Å². The molecule has 0 amide bonds. The van der Waals surface area contributed by atoms with Crippen molar-refractivity contribution in [2.75, 3.05) is 19.0 Å². The third kappa shape index (κ3) is 3.05. The van der Waals surface area contributed by atoms with Gasteiger partial charge in [0.05, 0.1) is 0 Å². The minimum absolute atomic E-state index is 0.538. The molecular weight excluding hydrogens is 178 g/mol. The molecule has 1 rings (SSSR count). The van der Waals surface area contributed by atoms with Crippen LogP contribution in [0.25, 0.3) is 0 Å². The molecule has 0 fully saturated rings. The molecule has 0 spiro atoms. The highest BCUT2D eigenvalue weighted by atomic mass is 16.5. The molecule has 1 N–H and O–H groups in total. The maximum absolute atomic E-state index is 5.39. The Morgan fingerprint density at radius 3 is 2.93 bits per heavy atom. The van der Waals surface area contributed by atoms with E-state index in [1.165, 1.54) is 0 Å². The zero-order chi connectivity index (χ0) is 10.4. The third-order valence-corrected chi connectivity index (χ3v) is 1.62. The molecule has 0 saturated heterocycles. The first-order chi connectivity index (χ1) is 6.76. The van der Waals surface area contributed by atoms with E-state index < -0.39 is 0 Å². The van der Waals surface area contributed by atoms with Crippen molar-refractivity contribution in [3.63, 3.8) is 0 Å². The van der Waals surface area contributed by atoms with Gasteiger partial charge in [0.25, 0.3) is 0 Å². The number of allylic oxidation sites excluding steroid dienone is 1. The summed E-state index contributed by atoms with van der Waals surface area (Å²) >= 11 is 0. The number of aryl methyl sites for hydroxylation is 1. The van der Waals surface area contributed by atoms with Gasteiger partial charge in [-0.3, -0.25) is 0 Å². The van der Waals surface area contributed by atoms with Crippen molar-refractivity contribution in [3.8, 4) is 5.88 Å². The average Bonchev–Trinajstić information content (AvgIpc) is 2.17. The lowest BCUT2D eigenvalue weighted by Gasteiger charge is -2.05. The van der Waals surface area contributed by atoms with Gasteiger partial charge in [0.15, 0.2) is 0 Å². The predicted molar refractivity (Wildman–Crippen MR) is 56.6 cm³/mol. The fourth-order valence-electron chi connectivity index (χ4n) is 0.955. The summed E-state index contributed by atoms with van der Waals surface area (Å²) in [6, 6.07) is 1.81. The van der Waals surface area contributed by atoms with Gasteiger partial charge >= 0.3 is 0 Å². The highest BCUT2D eigenvalue weighted by molar-refractivity contribution is 5.29. The van der Waals surface area contributed by atoms with E-state index in [1.54, 1.807) is 7.05 Å². The Bertz CT molecular complexity index is 323. The fourth-order valence-corrected chi connectivity index (χ4v) is 0.955. The van der Waals surface area contributed by atoms with Crippen LogP contribution < -0.4 is 10.1 Å². The highest BCUT2D eigenvalue weighted by Crippen LogP contribution is 2.11. The van der Waals surface area contributed by atoms with Crippen molar-refractivity contribution in [1.29, 1.82) is 0 Å². The summed E-state index contributed by atoms with van der Waals surface area (Å²) in [6.45, 7) is 4.40. The Morgan fingerprint density at radius 1 is 1.50 bits per heavy atom. The van der Waals surface area contributed by atoms with Crippen LogP contribution >= 0.6 is 0 Å². The fraction of sp³-hybridized carbons (Fsp3) is 0.400. The van der Waals surface area contributed by atoms with Gasteiger partial charge in [0.1, 0.15) is 6.61 Å². The van der Waals surface area contributed by atoms with E-state index in [0.717, 1.165) is 5.69 Å². The minimum atomic E-state index is 0.538. The van der Waals surface area contributed by atoms with Crippen LogP contribution in [-0.2, 0) is 0 Å². The largest absolute Gasteiger partial charge is 0.473 e. The van der Waals surface area contributed by atoms with Crippen LogP contribution in [0.3, 0.4) is 0 Å². The lowest BCUT2D eigenvalue weighted by Crippen LogP contribution is -2.02. The van der Waals surface area contributed by atoms with E-state index in [2.05, 4.69) is 15.3 Å². The first-order valence-electron chi connectivity index (χ1n) is 4.53. The Balaban J connectivity index is 2.71. The second-order valence-corrected chi connectivity index (χ2v) is 2.80. The average molecular weight is 193 g/mol. The van der Waals surface area contributed by atoms with Gasteiger partial charge in [-0.25, -0.2) is 4.98 Å². The lowest BCUT2D eigenvalue weighted by atomic mass is 10.4. The molecule has 0 radical (unpaired) electrons. The number of hydrogen-bond donors (Lipinski definition) is 1. The van der Waals surface area contributed by atoms with Crippen LogP contribution in [0.2, 0.25) is 0 Å². The summed E-state index contributed by atoms with van der Waals surface area (Å²) in [5, 5.41) is 2.88. The molecule has 1 aromatic heterocycles. The Hall–Kier alpha value is -1.58. The molecule has 0 aliphatic rings. The number of nitrogens with zero attached hydrogens (tertiary/aromatic N) is 2. The summed E-state index contributed by atoms with van der Waals surface area (Å²) in [7, 11) is 1.78. The first-order valence-corrected chi connectivity index (χ1v) is 4.53. The quantitative estimate of drug-likeness (QED) is 0.740.